The first-order valence-electron chi connectivity index (χ1n) is 8.70. The summed E-state index contributed by atoms with van der Waals surface area (Å²) in [4.78, 5) is 7.14. The molecule has 3 nitrogen and oxygen atoms in total. The van der Waals surface area contributed by atoms with Gasteiger partial charge in [-0.05, 0) is 29.0 Å². The van der Waals surface area contributed by atoms with Gasteiger partial charge < -0.3 is 10.2 Å². The molecule has 0 bridgehead atoms. The van der Waals surface area contributed by atoms with Crippen molar-refractivity contribution in [3.63, 3.8) is 0 Å². The summed E-state index contributed by atoms with van der Waals surface area (Å²) in [6.45, 7) is 3.57. The van der Waals surface area contributed by atoms with Crippen LogP contribution in [0.1, 0.15) is 5.56 Å². The minimum Gasteiger partial charge on any atom is -0.354 e. The molecule has 0 unspecified atom stereocenters. The van der Waals surface area contributed by atoms with E-state index in [2.05, 4.69) is 34.5 Å². The zero-order chi connectivity index (χ0) is 17.9. The van der Waals surface area contributed by atoms with Crippen molar-refractivity contribution < 1.29 is 4.39 Å². The lowest BCUT2D eigenvalue weighted by Crippen LogP contribution is -2.46. The Hall–Kier alpha value is -2.43. The second-order valence-corrected chi connectivity index (χ2v) is 6.70. The maximum absolute atomic E-state index is 13.5. The molecule has 0 aromatic heterocycles. The van der Waals surface area contributed by atoms with Gasteiger partial charge in [0.1, 0.15) is 11.7 Å². The van der Waals surface area contributed by atoms with Crippen LogP contribution in [0.25, 0.3) is 10.8 Å². The van der Waals surface area contributed by atoms with Crippen LogP contribution in [-0.2, 0) is 0 Å². The van der Waals surface area contributed by atoms with Gasteiger partial charge in [-0.2, -0.15) is 0 Å². The van der Waals surface area contributed by atoms with Gasteiger partial charge in [0.25, 0.3) is 0 Å². The molecule has 1 heterocycles. The number of benzene rings is 3. The molecular formula is C21H19ClFN3. The molecular weight excluding hydrogens is 349 g/mol. The van der Waals surface area contributed by atoms with Crippen LogP contribution in [-0.4, -0.2) is 36.9 Å². The van der Waals surface area contributed by atoms with Crippen molar-refractivity contribution in [2.45, 2.75) is 0 Å². The molecule has 1 N–H and O–H groups in total. The molecule has 4 rings (SSSR count). The van der Waals surface area contributed by atoms with Crippen LogP contribution in [0.3, 0.4) is 0 Å². The van der Waals surface area contributed by atoms with Crippen molar-refractivity contribution in [1.82, 2.24) is 10.2 Å². The lowest BCUT2D eigenvalue weighted by atomic mass is 10.0. The molecule has 1 aliphatic rings. The number of halogens is 2. The fourth-order valence-corrected chi connectivity index (χ4v) is 3.45. The molecule has 26 heavy (non-hydrogen) atoms. The van der Waals surface area contributed by atoms with Gasteiger partial charge in [0.05, 0.1) is 10.7 Å². The summed E-state index contributed by atoms with van der Waals surface area (Å²) in [5.74, 6) is 0.463. The Balaban J connectivity index is 1.87. The minimum absolute atomic E-state index is 0.0869. The number of amidine groups is 1. The van der Waals surface area contributed by atoms with Gasteiger partial charge in [0.2, 0.25) is 0 Å². The number of fused-ring (bicyclic) bond motifs is 1. The summed E-state index contributed by atoms with van der Waals surface area (Å²) < 4.78 is 13.5. The van der Waals surface area contributed by atoms with Crippen LogP contribution in [0.15, 0.2) is 65.7 Å². The minimum atomic E-state index is -0.431. The van der Waals surface area contributed by atoms with Gasteiger partial charge in [-0.15, -0.1) is 0 Å². The molecule has 0 radical (unpaired) electrons. The maximum Gasteiger partial charge on any atom is 0.141 e. The van der Waals surface area contributed by atoms with Crippen molar-refractivity contribution in [2.24, 2.45) is 4.99 Å². The normalized spacial score (nSPS) is 15.5. The Morgan fingerprint density at radius 1 is 1.00 bits per heavy atom. The lowest BCUT2D eigenvalue weighted by molar-refractivity contribution is 0.358. The van der Waals surface area contributed by atoms with Crippen molar-refractivity contribution in [3.05, 3.63) is 77.1 Å². The van der Waals surface area contributed by atoms with E-state index in [1.807, 2.05) is 18.2 Å². The van der Waals surface area contributed by atoms with Crippen LogP contribution in [0, 0.1) is 5.82 Å². The van der Waals surface area contributed by atoms with Crippen molar-refractivity contribution in [3.8, 4) is 0 Å². The van der Waals surface area contributed by atoms with Crippen LogP contribution in [0.4, 0.5) is 10.1 Å². The molecule has 5 heteroatoms. The Kier molecular flexibility index (Phi) is 4.87. The first kappa shape index (κ1) is 17.0. The van der Waals surface area contributed by atoms with Gasteiger partial charge in [-0.3, -0.25) is 0 Å². The summed E-state index contributed by atoms with van der Waals surface area (Å²) in [6.07, 6.45) is 0. The Morgan fingerprint density at radius 2 is 1.77 bits per heavy atom. The molecule has 0 spiro atoms. The van der Waals surface area contributed by atoms with E-state index in [1.54, 1.807) is 12.1 Å². The largest absolute Gasteiger partial charge is 0.354 e. The van der Waals surface area contributed by atoms with Gasteiger partial charge in [-0.25, -0.2) is 9.38 Å². The van der Waals surface area contributed by atoms with E-state index in [9.17, 15) is 4.39 Å². The topological polar surface area (TPSA) is 27.6 Å². The molecule has 3 aromatic carbocycles. The van der Waals surface area contributed by atoms with Crippen molar-refractivity contribution in [2.75, 3.05) is 26.2 Å². The Bertz CT molecular complexity index is 959. The summed E-state index contributed by atoms with van der Waals surface area (Å²) in [5.41, 5.74) is 1.73. The van der Waals surface area contributed by atoms with E-state index in [0.717, 1.165) is 43.0 Å². The third-order valence-corrected chi connectivity index (χ3v) is 4.87. The maximum atomic E-state index is 13.5. The van der Waals surface area contributed by atoms with Gasteiger partial charge >= 0.3 is 0 Å². The predicted octanol–water partition coefficient (Wildman–Crippen LogP) is 4.62. The summed E-state index contributed by atoms with van der Waals surface area (Å²) in [5, 5.41) is 5.78. The van der Waals surface area contributed by atoms with Gasteiger partial charge in [-0.1, -0.05) is 54.1 Å². The highest BCUT2D eigenvalue weighted by Gasteiger charge is 2.18. The quantitative estimate of drug-likeness (QED) is 0.529. The number of nitrogens with zero attached hydrogens (tertiary/aromatic N) is 2. The fourth-order valence-electron chi connectivity index (χ4n) is 3.28. The number of hydrogen-bond acceptors (Lipinski definition) is 2. The first-order chi connectivity index (χ1) is 12.7. The van der Waals surface area contributed by atoms with E-state index in [0.29, 0.717) is 5.69 Å². The van der Waals surface area contributed by atoms with Crippen molar-refractivity contribution >= 4 is 33.9 Å². The molecule has 0 amide bonds. The van der Waals surface area contributed by atoms with E-state index in [1.165, 1.54) is 11.5 Å². The molecule has 1 saturated heterocycles. The van der Waals surface area contributed by atoms with Crippen LogP contribution < -0.4 is 5.32 Å². The SMILES string of the molecule is Fc1ccc(N=C(c2cccc3ccccc23)N2CCNCC2)cc1Cl. The Morgan fingerprint density at radius 3 is 2.58 bits per heavy atom. The zero-order valence-electron chi connectivity index (χ0n) is 14.3. The number of hydrogen-bond donors (Lipinski definition) is 1. The molecule has 132 valence electrons. The van der Waals surface area contributed by atoms with Gasteiger partial charge in [0, 0.05) is 31.7 Å². The molecule has 1 aliphatic heterocycles. The third-order valence-electron chi connectivity index (χ3n) is 4.59. The number of rotatable bonds is 2. The van der Waals surface area contributed by atoms with Crippen LogP contribution >= 0.6 is 11.6 Å². The first-order valence-corrected chi connectivity index (χ1v) is 9.08. The standard InChI is InChI=1S/C21H19ClFN3/c22-19-14-16(8-9-20(19)23)25-21(26-12-10-24-11-13-26)18-7-3-5-15-4-1-2-6-17(15)18/h1-9,14,24H,10-13H2. The highest BCUT2D eigenvalue weighted by molar-refractivity contribution is 6.31. The van der Waals surface area contributed by atoms with Crippen molar-refractivity contribution in [1.29, 1.82) is 0 Å². The molecule has 3 aromatic rings. The van der Waals surface area contributed by atoms with Crippen LogP contribution in [0.5, 0.6) is 0 Å². The highest BCUT2D eigenvalue weighted by Crippen LogP contribution is 2.26. The van der Waals surface area contributed by atoms with Gasteiger partial charge in [0.15, 0.2) is 0 Å². The molecule has 0 aliphatic carbocycles. The summed E-state index contributed by atoms with van der Waals surface area (Å²) in [6, 6.07) is 19.1. The lowest BCUT2D eigenvalue weighted by Gasteiger charge is -2.31. The number of nitrogens with one attached hydrogen (secondary N) is 1. The number of aliphatic imine (C=N–C) groups is 1. The van der Waals surface area contributed by atoms with E-state index >= 15 is 0 Å². The number of piperazine rings is 1. The molecule has 1 fully saturated rings. The predicted molar refractivity (Wildman–Crippen MR) is 106 cm³/mol. The third kappa shape index (κ3) is 3.43. The molecule has 0 saturated carbocycles. The zero-order valence-corrected chi connectivity index (χ0v) is 15.0. The average molecular weight is 368 g/mol. The highest BCUT2D eigenvalue weighted by atomic mass is 35.5. The smallest absolute Gasteiger partial charge is 0.141 e. The summed E-state index contributed by atoms with van der Waals surface area (Å²) in [7, 11) is 0. The monoisotopic (exact) mass is 367 g/mol. The van der Waals surface area contributed by atoms with E-state index < -0.39 is 5.82 Å². The molecule has 0 atom stereocenters. The Labute approximate surface area is 157 Å². The second kappa shape index (κ2) is 7.44. The van der Waals surface area contributed by atoms with E-state index in [4.69, 9.17) is 16.6 Å². The second-order valence-electron chi connectivity index (χ2n) is 6.30. The average Bonchev–Trinajstić information content (AvgIpc) is 2.69. The van der Waals surface area contributed by atoms with E-state index in [-0.39, 0.29) is 5.02 Å². The van der Waals surface area contributed by atoms with Crippen LogP contribution in [0.2, 0.25) is 5.02 Å². The fraction of sp³-hybridized carbons (Fsp3) is 0.190. The summed E-state index contributed by atoms with van der Waals surface area (Å²) >= 11 is 5.96.